The summed E-state index contributed by atoms with van der Waals surface area (Å²) in [5, 5.41) is 3.43. The number of nitrogens with one attached hydrogen (secondary N) is 1. The summed E-state index contributed by atoms with van der Waals surface area (Å²) in [5.41, 5.74) is 0. The molecular formula is C10H18IN3. The molecule has 1 N–H and O–H groups in total. The molecule has 1 rings (SSSR count). The van der Waals surface area contributed by atoms with Gasteiger partial charge in [0.25, 0.3) is 0 Å². The first kappa shape index (κ1) is 12.0. The van der Waals surface area contributed by atoms with Crippen molar-refractivity contribution in [1.29, 1.82) is 0 Å². The highest BCUT2D eigenvalue weighted by Crippen LogP contribution is 1.95. The number of halogens is 1. The van der Waals surface area contributed by atoms with Gasteiger partial charge in [0, 0.05) is 32.4 Å². The highest BCUT2D eigenvalue weighted by molar-refractivity contribution is 14.1. The number of alkyl halides is 1. The van der Waals surface area contributed by atoms with Crippen LogP contribution in [0.2, 0.25) is 0 Å². The Labute approximate surface area is 99.4 Å². The van der Waals surface area contributed by atoms with Crippen LogP contribution in [0, 0.1) is 0 Å². The van der Waals surface area contributed by atoms with Crippen LogP contribution in [0.3, 0.4) is 0 Å². The number of imidazole rings is 1. The van der Waals surface area contributed by atoms with Crippen molar-refractivity contribution in [3.8, 4) is 0 Å². The molecule has 0 aliphatic heterocycles. The molecule has 0 radical (unpaired) electrons. The molecule has 0 aromatic carbocycles. The number of aryl methyl sites for hydroxylation is 1. The number of aromatic nitrogens is 2. The van der Waals surface area contributed by atoms with Gasteiger partial charge in [-0.15, -0.1) is 0 Å². The van der Waals surface area contributed by atoms with Crippen LogP contribution >= 0.6 is 22.6 Å². The van der Waals surface area contributed by atoms with Crippen molar-refractivity contribution >= 4 is 22.6 Å². The van der Waals surface area contributed by atoms with Gasteiger partial charge in [-0.1, -0.05) is 22.6 Å². The Bertz CT molecular complexity index is 247. The van der Waals surface area contributed by atoms with Crippen LogP contribution in [0.1, 0.15) is 18.7 Å². The predicted octanol–water partition coefficient (Wildman–Crippen LogP) is 1.77. The molecule has 0 atom stereocenters. The molecule has 0 saturated heterocycles. The lowest BCUT2D eigenvalue weighted by Crippen LogP contribution is -2.19. The van der Waals surface area contributed by atoms with E-state index in [1.807, 2.05) is 19.4 Å². The predicted molar refractivity (Wildman–Crippen MR) is 67.9 cm³/mol. The molecular weight excluding hydrogens is 289 g/mol. The second-order valence-electron chi connectivity index (χ2n) is 3.35. The molecule has 0 aliphatic carbocycles. The van der Waals surface area contributed by atoms with E-state index in [0.717, 1.165) is 25.3 Å². The third-order valence-corrected chi connectivity index (χ3v) is 2.95. The maximum Gasteiger partial charge on any atom is 0.109 e. The van der Waals surface area contributed by atoms with Crippen LogP contribution in [0.5, 0.6) is 0 Å². The molecule has 1 heterocycles. The lowest BCUT2D eigenvalue weighted by Gasteiger charge is -2.03. The van der Waals surface area contributed by atoms with Gasteiger partial charge in [0.1, 0.15) is 5.82 Å². The van der Waals surface area contributed by atoms with E-state index in [9.17, 15) is 0 Å². The number of rotatable bonds is 7. The highest BCUT2D eigenvalue weighted by Gasteiger charge is 1.97. The monoisotopic (exact) mass is 307 g/mol. The van der Waals surface area contributed by atoms with Crippen molar-refractivity contribution in [3.63, 3.8) is 0 Å². The summed E-state index contributed by atoms with van der Waals surface area (Å²) in [6.45, 7) is 2.17. The topological polar surface area (TPSA) is 29.9 Å². The van der Waals surface area contributed by atoms with Crippen molar-refractivity contribution in [2.24, 2.45) is 7.05 Å². The summed E-state index contributed by atoms with van der Waals surface area (Å²) in [6, 6.07) is 0. The van der Waals surface area contributed by atoms with Crippen LogP contribution < -0.4 is 5.32 Å². The first-order valence-corrected chi connectivity index (χ1v) is 6.60. The third-order valence-electron chi connectivity index (χ3n) is 2.18. The average Bonchev–Trinajstić information content (AvgIpc) is 2.58. The molecule has 1 aromatic heterocycles. The molecule has 14 heavy (non-hydrogen) atoms. The molecule has 0 bridgehead atoms. The zero-order valence-electron chi connectivity index (χ0n) is 8.67. The Hall–Kier alpha value is -0.100. The molecule has 1 aromatic rings. The molecule has 0 aliphatic rings. The molecule has 0 saturated carbocycles. The van der Waals surface area contributed by atoms with Crippen molar-refractivity contribution in [2.45, 2.75) is 19.3 Å². The Morgan fingerprint density at radius 3 is 2.93 bits per heavy atom. The third kappa shape index (κ3) is 4.41. The minimum atomic E-state index is 1.02. The summed E-state index contributed by atoms with van der Waals surface area (Å²) in [5.74, 6) is 1.16. The summed E-state index contributed by atoms with van der Waals surface area (Å²) in [4.78, 5) is 4.27. The van der Waals surface area contributed by atoms with Crippen LogP contribution in [0.15, 0.2) is 12.4 Å². The standard InChI is InChI=1S/C10H18IN3/c1-14-9-8-13-10(14)4-7-12-6-3-2-5-11/h8-9,12H,2-7H2,1H3. The van der Waals surface area contributed by atoms with Gasteiger partial charge in [-0.3, -0.25) is 0 Å². The van der Waals surface area contributed by atoms with Gasteiger partial charge in [-0.2, -0.15) is 0 Å². The fourth-order valence-electron chi connectivity index (χ4n) is 1.31. The van der Waals surface area contributed by atoms with E-state index in [1.54, 1.807) is 0 Å². The minimum Gasteiger partial charge on any atom is -0.338 e. The molecule has 4 heteroatoms. The summed E-state index contributed by atoms with van der Waals surface area (Å²) in [7, 11) is 2.04. The fourth-order valence-corrected chi connectivity index (χ4v) is 1.85. The number of unbranched alkanes of at least 4 members (excludes halogenated alkanes) is 1. The average molecular weight is 307 g/mol. The zero-order valence-corrected chi connectivity index (χ0v) is 10.8. The zero-order chi connectivity index (χ0) is 10.2. The maximum atomic E-state index is 4.27. The summed E-state index contributed by atoms with van der Waals surface area (Å²) < 4.78 is 3.34. The molecule has 0 fully saturated rings. The van der Waals surface area contributed by atoms with Gasteiger partial charge in [0.15, 0.2) is 0 Å². The van der Waals surface area contributed by atoms with Gasteiger partial charge < -0.3 is 9.88 Å². The van der Waals surface area contributed by atoms with Gasteiger partial charge >= 0.3 is 0 Å². The molecule has 3 nitrogen and oxygen atoms in total. The number of hydrogen-bond acceptors (Lipinski definition) is 2. The normalized spacial score (nSPS) is 10.7. The van der Waals surface area contributed by atoms with Gasteiger partial charge in [0.05, 0.1) is 0 Å². The Morgan fingerprint density at radius 1 is 1.43 bits per heavy atom. The maximum absolute atomic E-state index is 4.27. The Kier molecular flexibility index (Phi) is 6.18. The Morgan fingerprint density at radius 2 is 2.29 bits per heavy atom. The van der Waals surface area contributed by atoms with Gasteiger partial charge in [-0.25, -0.2) is 4.98 Å². The highest BCUT2D eigenvalue weighted by atomic mass is 127. The smallest absolute Gasteiger partial charge is 0.109 e. The van der Waals surface area contributed by atoms with Gasteiger partial charge in [0.2, 0.25) is 0 Å². The van der Waals surface area contributed by atoms with E-state index >= 15 is 0 Å². The first-order valence-electron chi connectivity index (χ1n) is 5.07. The number of hydrogen-bond donors (Lipinski definition) is 1. The van der Waals surface area contributed by atoms with Crippen LogP contribution in [-0.2, 0) is 13.5 Å². The summed E-state index contributed by atoms with van der Waals surface area (Å²) >= 11 is 2.42. The van der Waals surface area contributed by atoms with Gasteiger partial charge in [-0.05, 0) is 23.8 Å². The van der Waals surface area contributed by atoms with Crippen molar-refractivity contribution in [1.82, 2.24) is 14.9 Å². The number of nitrogens with zero attached hydrogens (tertiary/aromatic N) is 2. The molecule has 0 amide bonds. The van der Waals surface area contributed by atoms with E-state index in [4.69, 9.17) is 0 Å². The second-order valence-corrected chi connectivity index (χ2v) is 4.43. The Balaban J connectivity index is 2.02. The van der Waals surface area contributed by atoms with E-state index in [-0.39, 0.29) is 0 Å². The minimum absolute atomic E-state index is 1.02. The fraction of sp³-hybridized carbons (Fsp3) is 0.700. The van der Waals surface area contributed by atoms with Crippen LogP contribution in [-0.4, -0.2) is 27.1 Å². The first-order chi connectivity index (χ1) is 6.84. The lowest BCUT2D eigenvalue weighted by molar-refractivity contribution is 0.625. The molecule has 80 valence electrons. The second kappa shape index (κ2) is 7.23. The van der Waals surface area contributed by atoms with Crippen molar-refractivity contribution in [3.05, 3.63) is 18.2 Å². The van der Waals surface area contributed by atoms with Crippen LogP contribution in [0.4, 0.5) is 0 Å². The van der Waals surface area contributed by atoms with Crippen molar-refractivity contribution in [2.75, 3.05) is 17.5 Å². The summed E-state index contributed by atoms with van der Waals surface area (Å²) in [6.07, 6.45) is 7.46. The van der Waals surface area contributed by atoms with Crippen LogP contribution in [0.25, 0.3) is 0 Å². The van der Waals surface area contributed by atoms with Crippen molar-refractivity contribution < 1.29 is 0 Å². The molecule has 0 unspecified atom stereocenters. The van der Waals surface area contributed by atoms with E-state index in [2.05, 4.69) is 37.5 Å². The largest absolute Gasteiger partial charge is 0.338 e. The SMILES string of the molecule is Cn1ccnc1CCNCCCCI. The quantitative estimate of drug-likeness (QED) is 0.473. The van der Waals surface area contributed by atoms with E-state index in [0.29, 0.717) is 0 Å². The van der Waals surface area contributed by atoms with E-state index in [1.165, 1.54) is 17.3 Å². The lowest BCUT2D eigenvalue weighted by atomic mass is 10.3. The molecule has 0 spiro atoms. The van der Waals surface area contributed by atoms with E-state index < -0.39 is 0 Å².